The molecule has 0 bridgehead atoms. The summed E-state index contributed by atoms with van der Waals surface area (Å²) in [7, 11) is 0. The van der Waals surface area contributed by atoms with Crippen LogP contribution in [-0.4, -0.2) is 16.7 Å². The fourth-order valence-electron chi connectivity index (χ4n) is 2.49. The normalized spacial score (nSPS) is 11.0. The Labute approximate surface area is 154 Å². The van der Waals surface area contributed by atoms with Crippen LogP contribution in [0.2, 0.25) is 0 Å². The number of allylic oxidation sites excluding steroid dienone is 1. The van der Waals surface area contributed by atoms with Crippen LogP contribution < -0.4 is 5.43 Å². The molecular formula is C19H16IN3O. The Bertz CT molecular complexity index is 910. The van der Waals surface area contributed by atoms with Crippen molar-refractivity contribution in [2.45, 2.75) is 6.54 Å². The number of rotatable bonds is 5. The lowest BCUT2D eigenvalue weighted by Gasteiger charge is -1.99. The second-order valence-electron chi connectivity index (χ2n) is 5.25. The molecule has 5 heteroatoms. The molecule has 1 aromatic heterocycles. The van der Waals surface area contributed by atoms with Gasteiger partial charge in [0.2, 0.25) is 0 Å². The van der Waals surface area contributed by atoms with Crippen LogP contribution in [-0.2, 0) is 6.54 Å². The zero-order valence-corrected chi connectivity index (χ0v) is 15.1. The van der Waals surface area contributed by atoms with Gasteiger partial charge in [-0.15, -0.1) is 6.58 Å². The van der Waals surface area contributed by atoms with E-state index in [1.54, 1.807) is 18.3 Å². The molecule has 2 aromatic carbocycles. The van der Waals surface area contributed by atoms with Crippen molar-refractivity contribution in [1.29, 1.82) is 0 Å². The summed E-state index contributed by atoms with van der Waals surface area (Å²) in [6, 6.07) is 15.4. The van der Waals surface area contributed by atoms with Gasteiger partial charge in [0.1, 0.15) is 0 Å². The molecule has 24 heavy (non-hydrogen) atoms. The van der Waals surface area contributed by atoms with Gasteiger partial charge in [-0.05, 0) is 52.9 Å². The molecule has 0 unspecified atom stereocenters. The zero-order valence-electron chi connectivity index (χ0n) is 12.9. The Morgan fingerprint density at radius 3 is 2.71 bits per heavy atom. The van der Waals surface area contributed by atoms with Gasteiger partial charge < -0.3 is 4.57 Å². The summed E-state index contributed by atoms with van der Waals surface area (Å²) in [6.45, 7) is 4.51. The number of nitrogens with one attached hydrogen (secondary N) is 1. The molecule has 3 rings (SSSR count). The maximum Gasteiger partial charge on any atom is 0.271 e. The predicted octanol–water partition coefficient (Wildman–Crippen LogP) is 4.20. The fourth-order valence-corrected chi connectivity index (χ4v) is 2.85. The Balaban J connectivity index is 1.79. The molecule has 1 heterocycles. The van der Waals surface area contributed by atoms with Crippen molar-refractivity contribution >= 4 is 45.6 Å². The van der Waals surface area contributed by atoms with Crippen molar-refractivity contribution in [2.24, 2.45) is 5.10 Å². The van der Waals surface area contributed by atoms with Gasteiger partial charge in [0.15, 0.2) is 0 Å². The van der Waals surface area contributed by atoms with Crippen LogP contribution in [0.4, 0.5) is 0 Å². The van der Waals surface area contributed by atoms with Crippen LogP contribution in [0.5, 0.6) is 0 Å². The van der Waals surface area contributed by atoms with E-state index in [-0.39, 0.29) is 5.91 Å². The highest BCUT2D eigenvalue weighted by Gasteiger charge is 2.06. The topological polar surface area (TPSA) is 46.4 Å². The smallest absolute Gasteiger partial charge is 0.271 e. The SMILES string of the molecule is C=CCn1cc(/C=N\NC(=O)c2ccc(I)cc2)c2ccccc21. The number of aromatic nitrogens is 1. The van der Waals surface area contributed by atoms with Crippen molar-refractivity contribution in [3.63, 3.8) is 0 Å². The molecule has 1 amide bonds. The van der Waals surface area contributed by atoms with E-state index in [1.807, 2.05) is 42.6 Å². The van der Waals surface area contributed by atoms with E-state index in [2.05, 4.69) is 50.3 Å². The van der Waals surface area contributed by atoms with Gasteiger partial charge in [-0.2, -0.15) is 5.10 Å². The quantitative estimate of drug-likeness (QED) is 0.281. The van der Waals surface area contributed by atoms with Crippen LogP contribution in [0.3, 0.4) is 0 Å². The number of para-hydroxylation sites is 1. The third-order valence-electron chi connectivity index (χ3n) is 3.62. The number of carbonyl (C=O) groups is 1. The van der Waals surface area contributed by atoms with Gasteiger partial charge in [0.05, 0.1) is 6.21 Å². The van der Waals surface area contributed by atoms with Crippen LogP contribution >= 0.6 is 22.6 Å². The van der Waals surface area contributed by atoms with E-state index >= 15 is 0 Å². The zero-order chi connectivity index (χ0) is 16.9. The second kappa shape index (κ2) is 7.44. The Hall–Kier alpha value is -2.41. The summed E-state index contributed by atoms with van der Waals surface area (Å²) >= 11 is 2.20. The molecule has 0 fully saturated rings. The molecule has 0 saturated carbocycles. The summed E-state index contributed by atoms with van der Waals surface area (Å²) in [5.74, 6) is -0.225. The van der Waals surface area contributed by atoms with Gasteiger partial charge in [0, 0.05) is 38.3 Å². The van der Waals surface area contributed by atoms with Crippen molar-refractivity contribution in [2.75, 3.05) is 0 Å². The summed E-state index contributed by atoms with van der Waals surface area (Å²) in [4.78, 5) is 12.1. The van der Waals surface area contributed by atoms with Gasteiger partial charge in [-0.1, -0.05) is 24.3 Å². The number of hydrazone groups is 1. The Morgan fingerprint density at radius 1 is 1.21 bits per heavy atom. The number of benzene rings is 2. The molecule has 0 saturated heterocycles. The molecule has 4 nitrogen and oxygen atoms in total. The maximum atomic E-state index is 12.1. The lowest BCUT2D eigenvalue weighted by molar-refractivity contribution is 0.0955. The highest BCUT2D eigenvalue weighted by atomic mass is 127. The number of nitrogens with zero attached hydrogens (tertiary/aromatic N) is 2. The van der Waals surface area contributed by atoms with E-state index < -0.39 is 0 Å². The fraction of sp³-hybridized carbons (Fsp3) is 0.0526. The highest BCUT2D eigenvalue weighted by molar-refractivity contribution is 14.1. The summed E-state index contributed by atoms with van der Waals surface area (Å²) < 4.78 is 3.19. The van der Waals surface area contributed by atoms with Gasteiger partial charge in [0.25, 0.3) is 5.91 Å². The first-order valence-corrected chi connectivity index (χ1v) is 8.54. The van der Waals surface area contributed by atoms with Crippen LogP contribution in [0.15, 0.2) is 72.5 Å². The number of fused-ring (bicyclic) bond motifs is 1. The van der Waals surface area contributed by atoms with E-state index in [1.165, 1.54) is 0 Å². The van der Waals surface area contributed by atoms with Crippen LogP contribution in [0.1, 0.15) is 15.9 Å². The monoisotopic (exact) mass is 429 g/mol. The van der Waals surface area contributed by atoms with Gasteiger partial charge in [-0.25, -0.2) is 5.43 Å². The third kappa shape index (κ3) is 3.56. The van der Waals surface area contributed by atoms with Crippen molar-refractivity contribution in [3.8, 4) is 0 Å². The summed E-state index contributed by atoms with van der Waals surface area (Å²) in [6.07, 6.45) is 5.53. The van der Waals surface area contributed by atoms with Gasteiger partial charge >= 0.3 is 0 Å². The van der Waals surface area contributed by atoms with Crippen LogP contribution in [0, 0.1) is 3.57 Å². The molecule has 3 aromatic rings. The molecule has 1 N–H and O–H groups in total. The Morgan fingerprint density at radius 2 is 1.96 bits per heavy atom. The lowest BCUT2D eigenvalue weighted by Crippen LogP contribution is -2.17. The first kappa shape index (κ1) is 16.4. The van der Waals surface area contributed by atoms with E-state index in [0.29, 0.717) is 5.56 Å². The largest absolute Gasteiger partial charge is 0.343 e. The van der Waals surface area contributed by atoms with E-state index in [9.17, 15) is 4.79 Å². The van der Waals surface area contributed by atoms with Crippen LogP contribution in [0.25, 0.3) is 10.9 Å². The molecule has 0 aliphatic heterocycles. The Kier molecular flexibility index (Phi) is 5.10. The minimum absolute atomic E-state index is 0.225. The highest BCUT2D eigenvalue weighted by Crippen LogP contribution is 2.20. The number of hydrogen-bond acceptors (Lipinski definition) is 2. The predicted molar refractivity (Wildman–Crippen MR) is 106 cm³/mol. The second-order valence-corrected chi connectivity index (χ2v) is 6.49. The first-order chi connectivity index (χ1) is 11.7. The molecule has 0 aliphatic rings. The molecule has 0 spiro atoms. The van der Waals surface area contributed by atoms with E-state index in [0.717, 1.165) is 26.6 Å². The third-order valence-corrected chi connectivity index (χ3v) is 4.34. The minimum atomic E-state index is -0.225. The summed E-state index contributed by atoms with van der Waals surface area (Å²) in [5, 5.41) is 5.19. The average Bonchev–Trinajstić information content (AvgIpc) is 2.94. The number of hydrogen-bond donors (Lipinski definition) is 1. The van der Waals surface area contributed by atoms with Crippen molar-refractivity contribution in [3.05, 3.63) is 82.1 Å². The minimum Gasteiger partial charge on any atom is -0.343 e. The first-order valence-electron chi connectivity index (χ1n) is 7.47. The standard InChI is InChI=1S/C19H16IN3O/c1-2-11-23-13-15(17-5-3-4-6-18(17)23)12-21-22-19(24)14-7-9-16(20)10-8-14/h2-10,12-13H,1,11H2,(H,22,24)/b21-12-. The molecule has 0 radical (unpaired) electrons. The number of amides is 1. The molecule has 120 valence electrons. The maximum absolute atomic E-state index is 12.1. The lowest BCUT2D eigenvalue weighted by atomic mass is 10.2. The number of halogens is 1. The van der Waals surface area contributed by atoms with Gasteiger partial charge in [-0.3, -0.25) is 4.79 Å². The number of carbonyl (C=O) groups excluding carboxylic acids is 1. The molecular weight excluding hydrogens is 413 g/mol. The molecule has 0 aliphatic carbocycles. The van der Waals surface area contributed by atoms with Crippen molar-refractivity contribution < 1.29 is 4.79 Å². The average molecular weight is 429 g/mol. The molecule has 0 atom stereocenters. The summed E-state index contributed by atoms with van der Waals surface area (Å²) in [5.41, 5.74) is 5.22. The van der Waals surface area contributed by atoms with E-state index in [4.69, 9.17) is 0 Å². The van der Waals surface area contributed by atoms with Crippen molar-refractivity contribution in [1.82, 2.24) is 9.99 Å².